The first-order valence-corrected chi connectivity index (χ1v) is 7.14. The van der Waals surface area contributed by atoms with Crippen LogP contribution in [0.15, 0.2) is 12.4 Å². The van der Waals surface area contributed by atoms with E-state index in [9.17, 15) is 0 Å². The van der Waals surface area contributed by atoms with E-state index in [1.165, 1.54) is 32.4 Å². The molecule has 2 aliphatic rings. The van der Waals surface area contributed by atoms with Gasteiger partial charge in [0.15, 0.2) is 0 Å². The molecule has 3 rings (SSSR count). The molecule has 4 nitrogen and oxygen atoms in total. The van der Waals surface area contributed by atoms with Gasteiger partial charge >= 0.3 is 0 Å². The number of aryl methyl sites for hydroxylation is 1. The lowest BCUT2D eigenvalue weighted by Crippen LogP contribution is -2.25. The van der Waals surface area contributed by atoms with Crippen LogP contribution in [0.1, 0.15) is 31.9 Å². The summed E-state index contributed by atoms with van der Waals surface area (Å²) < 4.78 is 0. The van der Waals surface area contributed by atoms with Gasteiger partial charge < -0.3 is 10.2 Å². The highest BCUT2D eigenvalue weighted by Gasteiger charge is 2.34. The second-order valence-electron chi connectivity index (χ2n) is 5.51. The second kappa shape index (κ2) is 5.22. The Morgan fingerprint density at radius 1 is 1.33 bits per heavy atom. The Hall–Kier alpha value is -1.16. The van der Waals surface area contributed by atoms with Crippen molar-refractivity contribution < 1.29 is 0 Å². The minimum atomic E-state index is 0.783. The van der Waals surface area contributed by atoms with Crippen molar-refractivity contribution in [3.05, 3.63) is 18.1 Å². The van der Waals surface area contributed by atoms with Crippen LogP contribution in [0.3, 0.4) is 0 Å². The summed E-state index contributed by atoms with van der Waals surface area (Å²) in [6, 6.07) is 2.98. The fraction of sp³-hybridized carbons (Fsp3) is 0.714. The molecule has 2 heterocycles. The third-order valence-corrected chi connectivity index (χ3v) is 4.04. The van der Waals surface area contributed by atoms with Gasteiger partial charge in [0.05, 0.1) is 0 Å². The third kappa shape index (κ3) is 2.80. The Kier molecular flexibility index (Phi) is 3.46. The van der Waals surface area contributed by atoms with Crippen molar-refractivity contribution in [2.24, 2.45) is 5.92 Å². The Labute approximate surface area is 109 Å². The van der Waals surface area contributed by atoms with Gasteiger partial charge in [0, 0.05) is 30.9 Å². The van der Waals surface area contributed by atoms with Crippen molar-refractivity contribution in [2.75, 3.05) is 25.0 Å². The lowest BCUT2D eigenvalue weighted by Gasteiger charge is -2.15. The number of nitrogens with one attached hydrogen (secondary N) is 1. The molecule has 0 radical (unpaired) electrons. The average molecular weight is 246 g/mol. The van der Waals surface area contributed by atoms with E-state index in [-0.39, 0.29) is 0 Å². The first kappa shape index (κ1) is 11.9. The molecular weight excluding hydrogens is 224 g/mol. The Morgan fingerprint density at radius 3 is 3.00 bits per heavy atom. The quantitative estimate of drug-likeness (QED) is 0.862. The summed E-state index contributed by atoms with van der Waals surface area (Å²) in [4.78, 5) is 11.2. The van der Waals surface area contributed by atoms with Crippen LogP contribution in [0, 0.1) is 5.92 Å². The normalized spacial score (nSPS) is 24.4. The van der Waals surface area contributed by atoms with Crippen molar-refractivity contribution in [3.63, 3.8) is 0 Å². The number of anilines is 1. The molecule has 0 bridgehead atoms. The fourth-order valence-corrected chi connectivity index (χ4v) is 2.74. The largest absolute Gasteiger partial charge is 0.370 e. The zero-order valence-electron chi connectivity index (χ0n) is 11.1. The highest BCUT2D eigenvalue weighted by atomic mass is 15.2. The minimum Gasteiger partial charge on any atom is -0.370 e. The van der Waals surface area contributed by atoms with E-state index in [1.807, 2.05) is 0 Å². The van der Waals surface area contributed by atoms with Gasteiger partial charge in [-0.3, -0.25) is 0 Å². The first-order chi connectivity index (χ1) is 8.85. The van der Waals surface area contributed by atoms with Crippen LogP contribution in [0.5, 0.6) is 0 Å². The summed E-state index contributed by atoms with van der Waals surface area (Å²) in [5.74, 6) is 1.76. The lowest BCUT2D eigenvalue weighted by atomic mass is 10.1. The molecule has 1 atom stereocenters. The van der Waals surface area contributed by atoms with Crippen LogP contribution in [0.25, 0.3) is 0 Å². The van der Waals surface area contributed by atoms with E-state index in [0.29, 0.717) is 0 Å². The fourth-order valence-electron chi connectivity index (χ4n) is 2.74. The van der Waals surface area contributed by atoms with E-state index in [0.717, 1.165) is 36.4 Å². The summed E-state index contributed by atoms with van der Waals surface area (Å²) in [5.41, 5.74) is 1.11. The maximum absolute atomic E-state index is 4.28. The molecule has 4 heteroatoms. The monoisotopic (exact) mass is 246 g/mol. The number of rotatable bonds is 5. The molecule has 1 aliphatic carbocycles. The number of hydrogen-bond donors (Lipinski definition) is 1. The van der Waals surface area contributed by atoms with Crippen LogP contribution >= 0.6 is 0 Å². The van der Waals surface area contributed by atoms with Crippen molar-refractivity contribution in [2.45, 2.75) is 38.6 Å². The zero-order valence-corrected chi connectivity index (χ0v) is 11.1. The van der Waals surface area contributed by atoms with Gasteiger partial charge in [0.25, 0.3) is 0 Å². The highest BCUT2D eigenvalue weighted by molar-refractivity contribution is 5.34. The molecule has 1 aliphatic heterocycles. The lowest BCUT2D eigenvalue weighted by molar-refractivity contribution is 0.316. The summed E-state index contributed by atoms with van der Waals surface area (Å²) >= 11 is 0. The molecule has 1 aromatic rings. The van der Waals surface area contributed by atoms with Gasteiger partial charge in [0.2, 0.25) is 0 Å². The van der Waals surface area contributed by atoms with E-state index in [1.54, 1.807) is 6.33 Å². The van der Waals surface area contributed by atoms with Crippen LogP contribution in [-0.4, -0.2) is 40.5 Å². The Bertz CT molecular complexity index is 403. The maximum atomic E-state index is 4.28. The van der Waals surface area contributed by atoms with Gasteiger partial charge in [-0.25, -0.2) is 9.97 Å². The van der Waals surface area contributed by atoms with Gasteiger partial charge in [-0.05, 0) is 38.1 Å². The molecule has 1 saturated carbocycles. The molecule has 98 valence electrons. The molecule has 1 saturated heterocycles. The molecule has 18 heavy (non-hydrogen) atoms. The van der Waals surface area contributed by atoms with Crippen LogP contribution in [0.2, 0.25) is 0 Å². The Balaban J connectivity index is 1.48. The number of likely N-dealkylation sites (tertiary alicyclic amines) is 1. The topological polar surface area (TPSA) is 41.0 Å². The third-order valence-electron chi connectivity index (χ3n) is 4.04. The van der Waals surface area contributed by atoms with E-state index in [2.05, 4.69) is 33.2 Å². The Morgan fingerprint density at radius 2 is 2.22 bits per heavy atom. The number of aromatic nitrogens is 2. The number of nitrogens with zero attached hydrogens (tertiary/aromatic N) is 3. The highest BCUT2D eigenvalue weighted by Crippen LogP contribution is 2.31. The molecule has 2 fully saturated rings. The van der Waals surface area contributed by atoms with E-state index >= 15 is 0 Å². The molecule has 0 spiro atoms. The molecule has 1 unspecified atom stereocenters. The van der Waals surface area contributed by atoms with E-state index < -0.39 is 0 Å². The van der Waals surface area contributed by atoms with Crippen molar-refractivity contribution in [1.29, 1.82) is 0 Å². The molecule has 0 amide bonds. The van der Waals surface area contributed by atoms with Crippen LogP contribution in [-0.2, 0) is 6.42 Å². The van der Waals surface area contributed by atoms with Crippen molar-refractivity contribution >= 4 is 5.82 Å². The van der Waals surface area contributed by atoms with Gasteiger partial charge in [-0.15, -0.1) is 0 Å². The maximum Gasteiger partial charge on any atom is 0.129 e. The predicted molar refractivity (Wildman–Crippen MR) is 72.6 cm³/mol. The number of hydrogen-bond acceptors (Lipinski definition) is 4. The summed E-state index contributed by atoms with van der Waals surface area (Å²) in [6.45, 7) is 5.73. The SMILES string of the molecule is CCc1cc(NCC2CCN(C3CC3)C2)ncn1. The van der Waals surface area contributed by atoms with Gasteiger partial charge in [-0.1, -0.05) is 6.92 Å². The second-order valence-corrected chi connectivity index (χ2v) is 5.51. The summed E-state index contributed by atoms with van der Waals surface area (Å²) in [6.07, 6.45) is 6.80. The first-order valence-electron chi connectivity index (χ1n) is 7.14. The van der Waals surface area contributed by atoms with Gasteiger partial charge in [0.1, 0.15) is 12.1 Å². The standard InChI is InChI=1S/C14H22N4/c1-2-12-7-14(17-10-16-12)15-8-11-5-6-18(9-11)13-3-4-13/h7,10-11,13H,2-6,8-9H2,1H3,(H,15,16,17). The molecular formula is C14H22N4. The average Bonchev–Trinajstić information content (AvgIpc) is 3.16. The molecule has 1 N–H and O–H groups in total. The van der Waals surface area contributed by atoms with Crippen LogP contribution < -0.4 is 5.32 Å². The van der Waals surface area contributed by atoms with Crippen LogP contribution in [0.4, 0.5) is 5.82 Å². The zero-order chi connectivity index (χ0) is 12.4. The summed E-state index contributed by atoms with van der Waals surface area (Å²) in [5, 5.41) is 3.46. The van der Waals surface area contributed by atoms with E-state index in [4.69, 9.17) is 0 Å². The minimum absolute atomic E-state index is 0.783. The van der Waals surface area contributed by atoms with Crippen molar-refractivity contribution in [1.82, 2.24) is 14.9 Å². The van der Waals surface area contributed by atoms with Gasteiger partial charge in [-0.2, -0.15) is 0 Å². The predicted octanol–water partition coefficient (Wildman–Crippen LogP) is 1.94. The molecule has 0 aromatic carbocycles. The summed E-state index contributed by atoms with van der Waals surface area (Å²) in [7, 11) is 0. The van der Waals surface area contributed by atoms with Crippen molar-refractivity contribution in [3.8, 4) is 0 Å². The molecule has 1 aromatic heterocycles. The smallest absolute Gasteiger partial charge is 0.129 e.